The molecule has 1 saturated heterocycles. The summed E-state index contributed by atoms with van der Waals surface area (Å²) < 4.78 is 0. The van der Waals surface area contributed by atoms with Crippen LogP contribution < -0.4 is 0 Å². The van der Waals surface area contributed by atoms with E-state index in [9.17, 15) is 9.90 Å². The van der Waals surface area contributed by atoms with Crippen molar-refractivity contribution in [2.75, 3.05) is 13.1 Å². The first-order valence-corrected chi connectivity index (χ1v) is 10.3. The molecule has 1 N–H and O–H groups in total. The topological polar surface area (TPSA) is 40.5 Å². The number of piperidine rings is 1. The van der Waals surface area contributed by atoms with E-state index in [4.69, 9.17) is 0 Å². The first-order valence-electron chi connectivity index (χ1n) is 10.3. The van der Waals surface area contributed by atoms with Gasteiger partial charge in [0.25, 0.3) is 0 Å². The summed E-state index contributed by atoms with van der Waals surface area (Å²) in [4.78, 5) is 14.7. The molecule has 2 aromatic carbocycles. The lowest BCUT2D eigenvalue weighted by Crippen LogP contribution is -2.40. The van der Waals surface area contributed by atoms with E-state index in [0.29, 0.717) is 6.42 Å². The van der Waals surface area contributed by atoms with Crippen molar-refractivity contribution in [3.05, 3.63) is 70.8 Å². The minimum atomic E-state index is -0.427. The molecule has 2 aliphatic rings. The van der Waals surface area contributed by atoms with Crippen molar-refractivity contribution in [1.82, 2.24) is 4.90 Å². The maximum absolute atomic E-state index is 12.7. The fourth-order valence-corrected chi connectivity index (χ4v) is 4.57. The number of aliphatic hydroxyl groups excluding tert-OH is 1. The summed E-state index contributed by atoms with van der Waals surface area (Å²) in [7, 11) is 0. The predicted octanol–water partition coefficient (Wildman–Crippen LogP) is 4.08. The van der Waals surface area contributed by atoms with Crippen LogP contribution in [0.15, 0.2) is 48.5 Å². The molecule has 1 atom stereocenters. The largest absolute Gasteiger partial charge is 0.388 e. The summed E-state index contributed by atoms with van der Waals surface area (Å²) in [5.74, 6) is 0.457. The SMILES string of the molecule is O=C(Cc1ccc2c(c1)CCCC2)N1CCC(C(O)c2ccccc2)CC1. The number of hydrogen-bond acceptors (Lipinski definition) is 2. The molecule has 1 amide bonds. The van der Waals surface area contributed by atoms with Gasteiger partial charge in [-0.3, -0.25) is 4.79 Å². The molecule has 1 aliphatic heterocycles. The van der Waals surface area contributed by atoms with Crippen LogP contribution >= 0.6 is 0 Å². The molecule has 1 unspecified atom stereocenters. The van der Waals surface area contributed by atoms with E-state index in [1.165, 1.54) is 30.4 Å². The molecule has 0 radical (unpaired) electrons. The van der Waals surface area contributed by atoms with E-state index in [1.54, 1.807) is 0 Å². The third-order valence-corrected chi connectivity index (χ3v) is 6.25. The van der Waals surface area contributed by atoms with E-state index in [0.717, 1.165) is 43.5 Å². The third-order valence-electron chi connectivity index (χ3n) is 6.25. The lowest BCUT2D eigenvalue weighted by molar-refractivity contribution is -0.132. The highest BCUT2D eigenvalue weighted by Gasteiger charge is 2.28. The number of fused-ring (bicyclic) bond motifs is 1. The van der Waals surface area contributed by atoms with Gasteiger partial charge in [-0.25, -0.2) is 0 Å². The van der Waals surface area contributed by atoms with Gasteiger partial charge in [-0.1, -0.05) is 48.5 Å². The van der Waals surface area contributed by atoms with Gasteiger partial charge in [0, 0.05) is 13.1 Å². The fourth-order valence-electron chi connectivity index (χ4n) is 4.57. The van der Waals surface area contributed by atoms with Crippen molar-refractivity contribution in [2.45, 2.75) is 51.0 Å². The number of aryl methyl sites for hydroxylation is 2. The highest BCUT2D eigenvalue weighted by molar-refractivity contribution is 5.79. The molecule has 1 aliphatic carbocycles. The molecule has 3 heteroatoms. The highest BCUT2D eigenvalue weighted by Crippen LogP contribution is 2.31. The van der Waals surface area contributed by atoms with Gasteiger partial charge < -0.3 is 10.0 Å². The van der Waals surface area contributed by atoms with Crippen LogP contribution in [0.5, 0.6) is 0 Å². The van der Waals surface area contributed by atoms with Gasteiger partial charge in [0.2, 0.25) is 5.91 Å². The Balaban J connectivity index is 1.32. The molecule has 0 bridgehead atoms. The van der Waals surface area contributed by atoms with Crippen LogP contribution in [-0.2, 0) is 24.1 Å². The average Bonchev–Trinajstić information content (AvgIpc) is 2.74. The van der Waals surface area contributed by atoms with Gasteiger partial charge in [-0.2, -0.15) is 0 Å². The predicted molar refractivity (Wildman–Crippen MR) is 107 cm³/mol. The van der Waals surface area contributed by atoms with Crippen molar-refractivity contribution < 1.29 is 9.90 Å². The smallest absolute Gasteiger partial charge is 0.226 e. The Kier molecular flexibility index (Phi) is 5.58. The maximum Gasteiger partial charge on any atom is 0.226 e. The van der Waals surface area contributed by atoms with Crippen molar-refractivity contribution in [3.8, 4) is 0 Å². The zero-order valence-electron chi connectivity index (χ0n) is 15.9. The first-order chi connectivity index (χ1) is 13.2. The van der Waals surface area contributed by atoms with Gasteiger partial charge in [-0.15, -0.1) is 0 Å². The number of likely N-dealkylation sites (tertiary alicyclic amines) is 1. The Morgan fingerprint density at radius 3 is 2.44 bits per heavy atom. The molecule has 0 spiro atoms. The Morgan fingerprint density at radius 2 is 1.70 bits per heavy atom. The lowest BCUT2D eigenvalue weighted by atomic mass is 9.87. The van der Waals surface area contributed by atoms with Crippen molar-refractivity contribution >= 4 is 5.91 Å². The molecule has 27 heavy (non-hydrogen) atoms. The molecule has 142 valence electrons. The van der Waals surface area contributed by atoms with Gasteiger partial charge in [0.15, 0.2) is 0 Å². The summed E-state index contributed by atoms with van der Waals surface area (Å²) in [6.45, 7) is 1.50. The Morgan fingerprint density at radius 1 is 1.00 bits per heavy atom. The standard InChI is InChI=1S/C24H29NO2/c26-23(17-18-10-11-19-6-4-5-9-22(19)16-18)25-14-12-21(13-15-25)24(27)20-7-2-1-3-8-20/h1-3,7-8,10-11,16,21,24,27H,4-6,9,12-15,17H2. The molecule has 3 nitrogen and oxygen atoms in total. The summed E-state index contributed by atoms with van der Waals surface area (Å²) in [6.07, 6.45) is 6.69. The molecule has 0 saturated carbocycles. The molecule has 1 heterocycles. The molecular formula is C24H29NO2. The summed E-state index contributed by atoms with van der Waals surface area (Å²) >= 11 is 0. The van der Waals surface area contributed by atoms with Crippen molar-refractivity contribution in [3.63, 3.8) is 0 Å². The van der Waals surface area contributed by atoms with Gasteiger partial charge in [-0.05, 0) is 66.7 Å². The van der Waals surface area contributed by atoms with Crippen LogP contribution in [-0.4, -0.2) is 29.0 Å². The zero-order valence-corrected chi connectivity index (χ0v) is 15.9. The second-order valence-electron chi connectivity index (χ2n) is 8.06. The van der Waals surface area contributed by atoms with E-state index in [1.807, 2.05) is 35.2 Å². The fraction of sp³-hybridized carbons (Fsp3) is 0.458. The summed E-state index contributed by atoms with van der Waals surface area (Å²) in [5.41, 5.74) is 5.04. The second kappa shape index (κ2) is 8.26. The van der Waals surface area contributed by atoms with Crippen LogP contribution in [0.2, 0.25) is 0 Å². The summed E-state index contributed by atoms with van der Waals surface area (Å²) in [6, 6.07) is 16.5. The van der Waals surface area contributed by atoms with Crippen LogP contribution in [0.4, 0.5) is 0 Å². The van der Waals surface area contributed by atoms with Gasteiger partial charge in [0.1, 0.15) is 0 Å². The molecule has 0 aromatic heterocycles. The second-order valence-corrected chi connectivity index (χ2v) is 8.06. The Bertz CT molecular complexity index is 778. The van der Waals surface area contributed by atoms with E-state index < -0.39 is 6.10 Å². The normalized spacial score (nSPS) is 18.8. The van der Waals surface area contributed by atoms with Crippen LogP contribution in [0.1, 0.15) is 54.0 Å². The van der Waals surface area contributed by atoms with Crippen LogP contribution in [0.3, 0.4) is 0 Å². The van der Waals surface area contributed by atoms with Crippen molar-refractivity contribution in [2.24, 2.45) is 5.92 Å². The number of amides is 1. The van der Waals surface area contributed by atoms with Crippen LogP contribution in [0.25, 0.3) is 0 Å². The third kappa shape index (κ3) is 4.24. The average molecular weight is 364 g/mol. The van der Waals surface area contributed by atoms with E-state index >= 15 is 0 Å². The number of rotatable bonds is 4. The van der Waals surface area contributed by atoms with Gasteiger partial charge >= 0.3 is 0 Å². The first kappa shape index (κ1) is 18.2. The number of nitrogens with zero attached hydrogens (tertiary/aromatic N) is 1. The van der Waals surface area contributed by atoms with E-state index in [-0.39, 0.29) is 11.8 Å². The van der Waals surface area contributed by atoms with Gasteiger partial charge in [0.05, 0.1) is 12.5 Å². The number of carbonyl (C=O) groups excluding carboxylic acids is 1. The Hall–Kier alpha value is -2.13. The van der Waals surface area contributed by atoms with Crippen LogP contribution in [0, 0.1) is 5.92 Å². The summed E-state index contributed by atoms with van der Waals surface area (Å²) in [5, 5.41) is 10.6. The minimum Gasteiger partial charge on any atom is -0.388 e. The molecular weight excluding hydrogens is 334 g/mol. The zero-order chi connectivity index (χ0) is 18.6. The lowest BCUT2D eigenvalue weighted by Gasteiger charge is -2.34. The van der Waals surface area contributed by atoms with E-state index in [2.05, 4.69) is 18.2 Å². The molecule has 1 fully saturated rings. The number of carbonyl (C=O) groups is 1. The molecule has 2 aromatic rings. The highest BCUT2D eigenvalue weighted by atomic mass is 16.3. The Labute approximate surface area is 162 Å². The molecule has 4 rings (SSSR count). The number of aliphatic hydroxyl groups is 1. The number of benzene rings is 2. The van der Waals surface area contributed by atoms with Crippen molar-refractivity contribution in [1.29, 1.82) is 0 Å². The minimum absolute atomic E-state index is 0.221. The monoisotopic (exact) mass is 363 g/mol. The quantitative estimate of drug-likeness (QED) is 0.889. The number of hydrogen-bond donors (Lipinski definition) is 1. The maximum atomic E-state index is 12.7.